The lowest BCUT2D eigenvalue weighted by Crippen LogP contribution is -2.12. The number of nitrogens with one attached hydrogen (secondary N) is 1. The largest absolute Gasteiger partial charge is 0.436 e. The van der Waals surface area contributed by atoms with Gasteiger partial charge >= 0.3 is 0 Å². The Morgan fingerprint density at radius 3 is 2.57 bits per heavy atom. The Balaban J connectivity index is 1.46. The number of benzene rings is 4. The van der Waals surface area contributed by atoms with Crippen LogP contribution in [0.25, 0.3) is 33.3 Å². The number of rotatable bonds is 3. The van der Waals surface area contributed by atoms with E-state index in [-0.39, 0.29) is 10.9 Å². The molecular formula is C24H14Cl2N2O2. The molecule has 4 nitrogen and oxygen atoms in total. The van der Waals surface area contributed by atoms with Crippen LogP contribution in [0, 0.1) is 0 Å². The number of oxazole rings is 1. The summed E-state index contributed by atoms with van der Waals surface area (Å²) in [5, 5.41) is 5.65. The number of carbonyl (C=O) groups is 1. The summed E-state index contributed by atoms with van der Waals surface area (Å²) in [5.74, 6) is 0.178. The number of amides is 1. The number of fused-ring (bicyclic) bond motifs is 2. The van der Waals surface area contributed by atoms with Crippen LogP contribution >= 0.6 is 23.2 Å². The summed E-state index contributed by atoms with van der Waals surface area (Å²) < 4.78 is 5.92. The van der Waals surface area contributed by atoms with Crippen LogP contribution in [0.5, 0.6) is 0 Å². The molecule has 0 bridgehead atoms. The first-order valence-electron chi connectivity index (χ1n) is 9.23. The van der Waals surface area contributed by atoms with Crippen LogP contribution in [0.3, 0.4) is 0 Å². The minimum Gasteiger partial charge on any atom is -0.436 e. The summed E-state index contributed by atoms with van der Waals surface area (Å²) in [7, 11) is 0. The van der Waals surface area contributed by atoms with Crippen molar-refractivity contribution >= 4 is 56.7 Å². The van der Waals surface area contributed by atoms with Crippen molar-refractivity contribution in [1.82, 2.24) is 4.98 Å². The van der Waals surface area contributed by atoms with E-state index in [0.29, 0.717) is 33.3 Å². The first kappa shape index (κ1) is 18.7. The van der Waals surface area contributed by atoms with Crippen molar-refractivity contribution in [3.05, 3.63) is 94.5 Å². The average molecular weight is 433 g/mol. The van der Waals surface area contributed by atoms with Gasteiger partial charge < -0.3 is 9.73 Å². The summed E-state index contributed by atoms with van der Waals surface area (Å²) in [5.41, 5.74) is 3.06. The van der Waals surface area contributed by atoms with Gasteiger partial charge in [-0.25, -0.2) is 4.98 Å². The van der Waals surface area contributed by atoms with Crippen molar-refractivity contribution in [3.8, 4) is 11.5 Å². The van der Waals surface area contributed by atoms with Crippen LogP contribution in [0.4, 0.5) is 5.69 Å². The van der Waals surface area contributed by atoms with E-state index < -0.39 is 0 Å². The Labute approximate surface area is 182 Å². The molecule has 146 valence electrons. The second kappa shape index (κ2) is 7.48. The maximum atomic E-state index is 12.6. The third-order valence-corrected chi connectivity index (χ3v) is 5.66. The van der Waals surface area contributed by atoms with E-state index in [9.17, 15) is 4.79 Å². The molecule has 1 aromatic heterocycles. The van der Waals surface area contributed by atoms with Crippen LogP contribution in [0.1, 0.15) is 10.4 Å². The standard InChI is InChI=1S/C24H14Cl2N2O2/c25-19-7-3-6-18(22(19)26)23(29)27-17-10-11-21-20(13-17)28-24(30-21)16-9-8-14-4-1-2-5-15(14)12-16/h1-13H,(H,27,29). The highest BCUT2D eigenvalue weighted by molar-refractivity contribution is 6.44. The molecule has 0 atom stereocenters. The number of carbonyl (C=O) groups excluding carboxylic acids is 1. The molecule has 30 heavy (non-hydrogen) atoms. The summed E-state index contributed by atoms with van der Waals surface area (Å²) in [6.45, 7) is 0. The SMILES string of the molecule is O=C(Nc1ccc2oc(-c3ccc4ccccc4c3)nc2c1)c1cccc(Cl)c1Cl. The molecule has 0 saturated carbocycles. The number of hydrogen-bond donors (Lipinski definition) is 1. The summed E-state index contributed by atoms with van der Waals surface area (Å²) in [6, 6.07) is 24.4. The molecular weight excluding hydrogens is 419 g/mol. The quantitative estimate of drug-likeness (QED) is 0.327. The normalized spacial score (nSPS) is 11.1. The van der Waals surface area contributed by atoms with Crippen LogP contribution in [-0.4, -0.2) is 10.9 Å². The van der Waals surface area contributed by atoms with Gasteiger partial charge in [-0.1, -0.05) is 59.6 Å². The van der Waals surface area contributed by atoms with E-state index in [1.807, 2.05) is 30.3 Å². The summed E-state index contributed by atoms with van der Waals surface area (Å²) >= 11 is 12.1. The van der Waals surface area contributed by atoms with Gasteiger partial charge in [0.1, 0.15) is 5.52 Å². The minimum atomic E-state index is -0.347. The van der Waals surface area contributed by atoms with E-state index in [4.69, 9.17) is 27.6 Å². The third kappa shape index (κ3) is 3.41. The fraction of sp³-hybridized carbons (Fsp3) is 0. The molecule has 0 spiro atoms. The molecule has 4 aromatic carbocycles. The van der Waals surface area contributed by atoms with Gasteiger partial charge in [-0.2, -0.15) is 0 Å². The highest BCUT2D eigenvalue weighted by Crippen LogP contribution is 2.30. The zero-order valence-corrected chi connectivity index (χ0v) is 17.0. The molecule has 1 N–H and O–H groups in total. The van der Waals surface area contributed by atoms with Crippen molar-refractivity contribution in [2.45, 2.75) is 0 Å². The van der Waals surface area contributed by atoms with Gasteiger partial charge in [0.15, 0.2) is 5.58 Å². The zero-order valence-electron chi connectivity index (χ0n) is 15.5. The minimum absolute atomic E-state index is 0.220. The predicted molar refractivity (Wildman–Crippen MR) is 121 cm³/mol. The average Bonchev–Trinajstić information content (AvgIpc) is 3.18. The second-order valence-corrected chi connectivity index (χ2v) is 7.60. The summed E-state index contributed by atoms with van der Waals surface area (Å²) in [6.07, 6.45) is 0. The van der Waals surface area contributed by atoms with Crippen LogP contribution < -0.4 is 5.32 Å². The highest BCUT2D eigenvalue weighted by atomic mass is 35.5. The first-order valence-corrected chi connectivity index (χ1v) is 9.99. The molecule has 5 aromatic rings. The number of aromatic nitrogens is 1. The van der Waals surface area contributed by atoms with Crippen molar-refractivity contribution in [2.24, 2.45) is 0 Å². The molecule has 0 aliphatic carbocycles. The third-order valence-electron chi connectivity index (χ3n) is 4.84. The van der Waals surface area contributed by atoms with Gasteiger partial charge in [-0.3, -0.25) is 4.79 Å². The van der Waals surface area contributed by atoms with Gasteiger partial charge in [-0.15, -0.1) is 0 Å². The molecule has 1 amide bonds. The molecule has 5 rings (SSSR count). The Morgan fingerprint density at radius 2 is 1.70 bits per heavy atom. The lowest BCUT2D eigenvalue weighted by Gasteiger charge is -2.07. The fourth-order valence-electron chi connectivity index (χ4n) is 3.33. The predicted octanol–water partition coefficient (Wildman–Crippen LogP) is 7.21. The van der Waals surface area contributed by atoms with Crippen LogP contribution in [-0.2, 0) is 0 Å². The van der Waals surface area contributed by atoms with E-state index in [1.165, 1.54) is 0 Å². The zero-order chi connectivity index (χ0) is 20.7. The lowest BCUT2D eigenvalue weighted by atomic mass is 10.1. The highest BCUT2D eigenvalue weighted by Gasteiger charge is 2.14. The van der Waals surface area contributed by atoms with Crippen molar-refractivity contribution in [3.63, 3.8) is 0 Å². The molecule has 0 fully saturated rings. The van der Waals surface area contributed by atoms with E-state index in [0.717, 1.165) is 16.3 Å². The number of anilines is 1. The van der Waals surface area contributed by atoms with Gasteiger partial charge in [0.25, 0.3) is 5.91 Å². The van der Waals surface area contributed by atoms with Crippen molar-refractivity contribution in [1.29, 1.82) is 0 Å². The van der Waals surface area contributed by atoms with Crippen molar-refractivity contribution < 1.29 is 9.21 Å². The van der Waals surface area contributed by atoms with Gasteiger partial charge in [0, 0.05) is 11.3 Å². The van der Waals surface area contributed by atoms with Crippen LogP contribution in [0.15, 0.2) is 83.3 Å². The first-order chi connectivity index (χ1) is 14.6. The summed E-state index contributed by atoms with van der Waals surface area (Å²) in [4.78, 5) is 17.2. The van der Waals surface area contributed by atoms with E-state index in [1.54, 1.807) is 36.4 Å². The maximum absolute atomic E-state index is 12.6. The molecule has 0 unspecified atom stereocenters. The van der Waals surface area contributed by atoms with E-state index in [2.05, 4.69) is 22.4 Å². The Bertz CT molecular complexity index is 1430. The number of hydrogen-bond acceptors (Lipinski definition) is 3. The number of halogens is 2. The monoisotopic (exact) mass is 432 g/mol. The molecule has 0 aliphatic heterocycles. The maximum Gasteiger partial charge on any atom is 0.257 e. The topological polar surface area (TPSA) is 55.1 Å². The Kier molecular flexibility index (Phi) is 4.66. The second-order valence-electron chi connectivity index (χ2n) is 6.82. The van der Waals surface area contributed by atoms with Crippen molar-refractivity contribution in [2.75, 3.05) is 5.32 Å². The fourth-order valence-corrected chi connectivity index (χ4v) is 3.71. The van der Waals surface area contributed by atoms with Gasteiger partial charge in [0.2, 0.25) is 5.89 Å². The Hall–Kier alpha value is -3.34. The van der Waals surface area contributed by atoms with E-state index >= 15 is 0 Å². The lowest BCUT2D eigenvalue weighted by molar-refractivity contribution is 0.102. The molecule has 1 heterocycles. The molecule has 0 radical (unpaired) electrons. The van der Waals surface area contributed by atoms with Gasteiger partial charge in [0.05, 0.1) is 15.6 Å². The Morgan fingerprint density at radius 1 is 0.867 bits per heavy atom. The molecule has 0 aliphatic rings. The van der Waals surface area contributed by atoms with Gasteiger partial charge in [-0.05, 0) is 53.2 Å². The molecule has 0 saturated heterocycles. The smallest absolute Gasteiger partial charge is 0.257 e. The van der Waals surface area contributed by atoms with Crippen LogP contribution in [0.2, 0.25) is 10.0 Å². The molecule has 6 heteroatoms. The number of nitrogens with zero attached hydrogens (tertiary/aromatic N) is 1.